The normalized spacial score (nSPS) is 26.3. The van der Waals surface area contributed by atoms with E-state index in [0.717, 1.165) is 11.6 Å². The second-order valence-electron chi connectivity index (χ2n) is 5.90. The predicted octanol–water partition coefficient (Wildman–Crippen LogP) is 3.66. The summed E-state index contributed by atoms with van der Waals surface area (Å²) in [6, 6.07) is 0.685. The molecule has 1 atom stereocenters. The molecule has 0 saturated heterocycles. The number of rotatable bonds is 3. The Morgan fingerprint density at radius 3 is 2.33 bits per heavy atom. The van der Waals surface area contributed by atoms with Gasteiger partial charge in [0.05, 0.1) is 11.7 Å². The molecule has 2 N–H and O–H groups in total. The van der Waals surface area contributed by atoms with Gasteiger partial charge in [-0.1, -0.05) is 13.3 Å². The molecule has 102 valence electrons. The summed E-state index contributed by atoms with van der Waals surface area (Å²) in [7, 11) is 0. The molecule has 0 spiro atoms. The van der Waals surface area contributed by atoms with E-state index in [2.05, 4.69) is 32.4 Å². The molecule has 0 radical (unpaired) electrons. The van der Waals surface area contributed by atoms with Gasteiger partial charge in [0.25, 0.3) is 0 Å². The lowest BCUT2D eigenvalue weighted by Crippen LogP contribution is -2.20. The molecule has 1 heterocycles. The van der Waals surface area contributed by atoms with E-state index in [0.29, 0.717) is 6.04 Å². The van der Waals surface area contributed by atoms with Gasteiger partial charge in [-0.25, -0.2) is 0 Å². The maximum absolute atomic E-state index is 6.05. The van der Waals surface area contributed by atoms with Crippen molar-refractivity contribution in [3.05, 3.63) is 17.0 Å². The first-order chi connectivity index (χ1) is 8.54. The van der Waals surface area contributed by atoms with E-state index in [-0.39, 0.29) is 6.04 Å². The van der Waals surface area contributed by atoms with Crippen LogP contribution in [0.4, 0.5) is 0 Å². The minimum absolute atomic E-state index is 0.0886. The molecule has 3 nitrogen and oxygen atoms in total. The first-order valence-electron chi connectivity index (χ1n) is 7.35. The van der Waals surface area contributed by atoms with Crippen molar-refractivity contribution in [2.24, 2.45) is 11.7 Å². The molecule has 0 aliphatic heterocycles. The van der Waals surface area contributed by atoms with Gasteiger partial charge in [0.15, 0.2) is 0 Å². The average molecular weight is 249 g/mol. The maximum Gasteiger partial charge on any atom is 0.0644 e. The van der Waals surface area contributed by atoms with Crippen LogP contribution in [0.25, 0.3) is 0 Å². The predicted molar refractivity (Wildman–Crippen MR) is 75.6 cm³/mol. The SMILES string of the molecule is CCC1CCC(n2nc(C)c(C(C)N)c2C)CC1. The number of hydrogen-bond donors (Lipinski definition) is 1. The smallest absolute Gasteiger partial charge is 0.0644 e. The van der Waals surface area contributed by atoms with E-state index in [1.807, 2.05) is 0 Å². The Kier molecular flexibility index (Phi) is 4.10. The summed E-state index contributed by atoms with van der Waals surface area (Å²) in [5.74, 6) is 0.936. The Bertz CT molecular complexity index is 398. The third-order valence-electron chi connectivity index (χ3n) is 4.58. The van der Waals surface area contributed by atoms with Gasteiger partial charge < -0.3 is 5.73 Å². The number of hydrogen-bond acceptors (Lipinski definition) is 2. The molecular weight excluding hydrogens is 222 g/mol. The quantitative estimate of drug-likeness (QED) is 0.888. The van der Waals surface area contributed by atoms with Gasteiger partial charge in [-0.3, -0.25) is 4.68 Å². The van der Waals surface area contributed by atoms with Gasteiger partial charge >= 0.3 is 0 Å². The van der Waals surface area contributed by atoms with Crippen molar-refractivity contribution >= 4 is 0 Å². The van der Waals surface area contributed by atoms with Crippen LogP contribution in [-0.4, -0.2) is 9.78 Å². The van der Waals surface area contributed by atoms with Crippen LogP contribution in [0.1, 0.15) is 75.0 Å². The van der Waals surface area contributed by atoms with Crippen LogP contribution in [0.3, 0.4) is 0 Å². The lowest BCUT2D eigenvalue weighted by atomic mass is 9.84. The van der Waals surface area contributed by atoms with Gasteiger partial charge in [-0.15, -0.1) is 0 Å². The molecule has 2 rings (SSSR count). The average Bonchev–Trinajstić information content (AvgIpc) is 2.65. The van der Waals surface area contributed by atoms with E-state index in [4.69, 9.17) is 10.8 Å². The highest BCUT2D eigenvalue weighted by Gasteiger charge is 2.25. The molecule has 0 bridgehead atoms. The van der Waals surface area contributed by atoms with Crippen molar-refractivity contribution in [2.75, 3.05) is 0 Å². The zero-order chi connectivity index (χ0) is 13.3. The summed E-state index contributed by atoms with van der Waals surface area (Å²) in [6.45, 7) is 8.61. The van der Waals surface area contributed by atoms with E-state index in [1.165, 1.54) is 43.4 Å². The van der Waals surface area contributed by atoms with E-state index < -0.39 is 0 Å². The largest absolute Gasteiger partial charge is 0.324 e. The highest BCUT2D eigenvalue weighted by molar-refractivity contribution is 5.27. The number of nitrogens with two attached hydrogens (primary N) is 1. The third kappa shape index (κ3) is 2.46. The van der Waals surface area contributed by atoms with Crippen LogP contribution < -0.4 is 5.73 Å². The van der Waals surface area contributed by atoms with Gasteiger partial charge in [0, 0.05) is 17.3 Å². The van der Waals surface area contributed by atoms with Crippen LogP contribution in [0.2, 0.25) is 0 Å². The van der Waals surface area contributed by atoms with E-state index >= 15 is 0 Å². The summed E-state index contributed by atoms with van der Waals surface area (Å²) in [5, 5.41) is 4.74. The molecule has 1 aromatic heterocycles. The van der Waals surface area contributed by atoms with Crippen molar-refractivity contribution in [2.45, 2.75) is 71.9 Å². The van der Waals surface area contributed by atoms with Crippen molar-refractivity contribution < 1.29 is 0 Å². The zero-order valence-corrected chi connectivity index (χ0v) is 12.2. The van der Waals surface area contributed by atoms with Crippen LogP contribution in [0.5, 0.6) is 0 Å². The Hall–Kier alpha value is -0.830. The minimum Gasteiger partial charge on any atom is -0.324 e. The molecule has 1 aromatic rings. The lowest BCUT2D eigenvalue weighted by Gasteiger charge is -2.29. The van der Waals surface area contributed by atoms with Gasteiger partial charge in [-0.2, -0.15) is 5.10 Å². The fraction of sp³-hybridized carbons (Fsp3) is 0.800. The van der Waals surface area contributed by atoms with Crippen LogP contribution in [0, 0.1) is 19.8 Å². The number of aryl methyl sites for hydroxylation is 1. The fourth-order valence-corrected chi connectivity index (χ4v) is 3.49. The van der Waals surface area contributed by atoms with E-state index in [9.17, 15) is 0 Å². The molecular formula is C15H27N3. The summed E-state index contributed by atoms with van der Waals surface area (Å²) in [5.41, 5.74) is 9.68. The monoisotopic (exact) mass is 249 g/mol. The molecule has 1 unspecified atom stereocenters. The first-order valence-corrected chi connectivity index (χ1v) is 7.35. The summed E-state index contributed by atoms with van der Waals surface area (Å²) in [4.78, 5) is 0. The summed E-state index contributed by atoms with van der Waals surface area (Å²) in [6.07, 6.45) is 6.59. The summed E-state index contributed by atoms with van der Waals surface area (Å²) < 4.78 is 2.25. The Morgan fingerprint density at radius 2 is 1.89 bits per heavy atom. The molecule has 1 aliphatic rings. The van der Waals surface area contributed by atoms with Crippen molar-refractivity contribution in [1.29, 1.82) is 0 Å². The van der Waals surface area contributed by atoms with Gasteiger partial charge in [-0.05, 0) is 52.4 Å². The number of nitrogens with zero attached hydrogens (tertiary/aromatic N) is 2. The van der Waals surface area contributed by atoms with E-state index in [1.54, 1.807) is 0 Å². The highest BCUT2D eigenvalue weighted by atomic mass is 15.3. The molecule has 0 amide bonds. The van der Waals surface area contributed by atoms with Gasteiger partial charge in [0.2, 0.25) is 0 Å². The van der Waals surface area contributed by atoms with Crippen LogP contribution in [-0.2, 0) is 0 Å². The Morgan fingerprint density at radius 1 is 1.28 bits per heavy atom. The second kappa shape index (κ2) is 5.43. The van der Waals surface area contributed by atoms with Crippen molar-refractivity contribution in [3.63, 3.8) is 0 Å². The van der Waals surface area contributed by atoms with Crippen LogP contribution >= 0.6 is 0 Å². The van der Waals surface area contributed by atoms with Gasteiger partial charge in [0.1, 0.15) is 0 Å². The maximum atomic E-state index is 6.05. The Labute approximate surface area is 111 Å². The lowest BCUT2D eigenvalue weighted by molar-refractivity contribution is 0.253. The highest BCUT2D eigenvalue weighted by Crippen LogP contribution is 2.35. The third-order valence-corrected chi connectivity index (χ3v) is 4.58. The Balaban J connectivity index is 2.17. The number of aromatic nitrogens is 2. The zero-order valence-electron chi connectivity index (χ0n) is 12.2. The standard InChI is InChI=1S/C15H27N3/c1-5-13-6-8-14(9-7-13)18-12(4)15(10(2)16)11(3)17-18/h10,13-14H,5-9,16H2,1-4H3. The van der Waals surface area contributed by atoms with Crippen molar-refractivity contribution in [1.82, 2.24) is 9.78 Å². The van der Waals surface area contributed by atoms with Crippen LogP contribution in [0.15, 0.2) is 0 Å². The summed E-state index contributed by atoms with van der Waals surface area (Å²) >= 11 is 0. The molecule has 1 saturated carbocycles. The molecule has 1 fully saturated rings. The molecule has 3 heteroatoms. The molecule has 18 heavy (non-hydrogen) atoms. The minimum atomic E-state index is 0.0886. The molecule has 0 aromatic carbocycles. The molecule has 1 aliphatic carbocycles. The first kappa shape index (κ1) is 13.6. The van der Waals surface area contributed by atoms with Crippen molar-refractivity contribution in [3.8, 4) is 0 Å². The topological polar surface area (TPSA) is 43.8 Å². The second-order valence-corrected chi connectivity index (χ2v) is 5.90. The fourth-order valence-electron chi connectivity index (χ4n) is 3.49.